The van der Waals surface area contributed by atoms with Crippen molar-refractivity contribution in [2.24, 2.45) is 5.41 Å². The summed E-state index contributed by atoms with van der Waals surface area (Å²) in [5.41, 5.74) is 0.526. The number of amides is 2. The normalized spacial score (nSPS) is 13.3. The van der Waals surface area contributed by atoms with E-state index >= 15 is 0 Å². The van der Waals surface area contributed by atoms with E-state index in [1.807, 2.05) is 27.7 Å². The lowest BCUT2D eigenvalue weighted by Gasteiger charge is -2.26. The van der Waals surface area contributed by atoms with E-state index in [9.17, 15) is 9.90 Å². The summed E-state index contributed by atoms with van der Waals surface area (Å²) in [6.07, 6.45) is 3.68. The molecule has 0 aromatic carbocycles. The number of carbonyl (C=O) groups is 1. The van der Waals surface area contributed by atoms with Crippen LogP contribution >= 0.6 is 0 Å². The molecule has 1 aromatic rings. The fraction of sp³-hybridized carbons (Fsp3) is 0.714. The molecule has 0 aliphatic rings. The molecule has 0 aliphatic carbocycles. The highest BCUT2D eigenvalue weighted by molar-refractivity contribution is 5.88. The molecule has 0 aliphatic heterocycles. The van der Waals surface area contributed by atoms with Gasteiger partial charge in [-0.1, -0.05) is 13.8 Å². The highest BCUT2D eigenvalue weighted by Crippen LogP contribution is 2.21. The minimum absolute atomic E-state index is 0.145. The summed E-state index contributed by atoms with van der Waals surface area (Å²) >= 11 is 0. The first-order chi connectivity index (χ1) is 9.19. The molecule has 2 amide bonds. The average Bonchev–Trinajstić information content (AvgIpc) is 2.73. The van der Waals surface area contributed by atoms with Gasteiger partial charge >= 0.3 is 6.03 Å². The van der Waals surface area contributed by atoms with E-state index in [0.717, 1.165) is 0 Å². The van der Waals surface area contributed by atoms with E-state index < -0.39 is 0 Å². The molecule has 114 valence electrons. The summed E-state index contributed by atoms with van der Waals surface area (Å²) in [7, 11) is 0. The molecule has 1 unspecified atom stereocenters. The minimum atomic E-state index is -0.376. The molecule has 0 saturated carbocycles. The first-order valence-electron chi connectivity index (χ1n) is 6.97. The molecule has 0 fully saturated rings. The fourth-order valence-electron chi connectivity index (χ4n) is 2.05. The van der Waals surface area contributed by atoms with Crippen LogP contribution in [0.25, 0.3) is 0 Å². The van der Waals surface area contributed by atoms with Crippen molar-refractivity contribution in [1.82, 2.24) is 15.1 Å². The van der Waals surface area contributed by atoms with Crippen LogP contribution in [0.4, 0.5) is 10.5 Å². The van der Waals surface area contributed by atoms with Gasteiger partial charge in [0.15, 0.2) is 0 Å². The van der Waals surface area contributed by atoms with Gasteiger partial charge < -0.3 is 15.7 Å². The average molecular weight is 282 g/mol. The maximum atomic E-state index is 11.8. The Bertz CT molecular complexity index is 438. The Kier molecular flexibility index (Phi) is 5.56. The summed E-state index contributed by atoms with van der Waals surface area (Å²) < 4.78 is 1.78. The number of anilines is 1. The van der Waals surface area contributed by atoms with E-state index in [-0.39, 0.29) is 23.6 Å². The topological polar surface area (TPSA) is 79.2 Å². The standard InChI is InChI=1S/C14H26N4O2/c1-10(2)18-8-12(7-16-18)17-13(20)15-9-14(4,5)6-11(3)19/h7-8,10-11,19H,6,9H2,1-5H3,(H2,15,17,20). The van der Waals surface area contributed by atoms with E-state index in [1.165, 1.54) is 0 Å². The second kappa shape index (κ2) is 6.74. The number of nitrogens with one attached hydrogen (secondary N) is 2. The van der Waals surface area contributed by atoms with Crippen LogP contribution in [0.15, 0.2) is 12.4 Å². The first-order valence-corrected chi connectivity index (χ1v) is 6.97. The van der Waals surface area contributed by atoms with Crippen molar-refractivity contribution in [3.63, 3.8) is 0 Å². The van der Waals surface area contributed by atoms with Gasteiger partial charge in [-0.15, -0.1) is 0 Å². The maximum Gasteiger partial charge on any atom is 0.319 e. The highest BCUT2D eigenvalue weighted by atomic mass is 16.3. The van der Waals surface area contributed by atoms with Gasteiger partial charge in [-0.2, -0.15) is 5.10 Å². The largest absolute Gasteiger partial charge is 0.393 e. The van der Waals surface area contributed by atoms with Crippen LogP contribution in [0.5, 0.6) is 0 Å². The number of urea groups is 1. The number of carbonyl (C=O) groups excluding carboxylic acids is 1. The first kappa shape index (κ1) is 16.5. The van der Waals surface area contributed by atoms with Crippen molar-refractivity contribution in [3.05, 3.63) is 12.4 Å². The van der Waals surface area contributed by atoms with Gasteiger partial charge in [-0.25, -0.2) is 4.79 Å². The molecule has 6 heteroatoms. The SMILES string of the molecule is CC(O)CC(C)(C)CNC(=O)Nc1cnn(C(C)C)c1. The van der Waals surface area contributed by atoms with E-state index in [4.69, 9.17) is 0 Å². The summed E-state index contributed by atoms with van der Waals surface area (Å²) in [6.45, 7) is 10.3. The third kappa shape index (κ3) is 5.61. The molecule has 6 nitrogen and oxygen atoms in total. The molecule has 20 heavy (non-hydrogen) atoms. The lowest BCUT2D eigenvalue weighted by Crippen LogP contribution is -2.38. The molecule has 0 spiro atoms. The van der Waals surface area contributed by atoms with Gasteiger partial charge in [0.05, 0.1) is 18.0 Å². The van der Waals surface area contributed by atoms with Gasteiger partial charge in [0, 0.05) is 18.8 Å². The minimum Gasteiger partial charge on any atom is -0.393 e. The maximum absolute atomic E-state index is 11.8. The summed E-state index contributed by atoms with van der Waals surface area (Å²) in [5.74, 6) is 0. The van der Waals surface area contributed by atoms with Crippen LogP contribution in [-0.4, -0.2) is 33.6 Å². The Morgan fingerprint density at radius 3 is 2.60 bits per heavy atom. The van der Waals surface area contributed by atoms with Crippen molar-refractivity contribution in [2.75, 3.05) is 11.9 Å². The Balaban J connectivity index is 2.43. The molecular weight excluding hydrogens is 256 g/mol. The van der Waals surface area contributed by atoms with Crippen molar-refractivity contribution < 1.29 is 9.90 Å². The fourth-order valence-corrected chi connectivity index (χ4v) is 2.05. The Hall–Kier alpha value is -1.56. The van der Waals surface area contributed by atoms with Crippen molar-refractivity contribution in [2.45, 2.75) is 53.2 Å². The van der Waals surface area contributed by atoms with Crippen LogP contribution in [0.1, 0.15) is 47.1 Å². The summed E-state index contributed by atoms with van der Waals surface area (Å²) in [5, 5.41) is 19.1. The van der Waals surface area contributed by atoms with Gasteiger partial charge in [0.1, 0.15) is 0 Å². The number of nitrogens with zero attached hydrogens (tertiary/aromatic N) is 2. The number of hydrogen-bond donors (Lipinski definition) is 3. The number of rotatable bonds is 6. The van der Waals surface area contributed by atoms with E-state index in [0.29, 0.717) is 18.7 Å². The number of hydrogen-bond acceptors (Lipinski definition) is 3. The molecule has 1 rings (SSSR count). The predicted octanol–water partition coefficient (Wildman–Crippen LogP) is 2.38. The predicted molar refractivity (Wildman–Crippen MR) is 79.7 cm³/mol. The molecule has 0 bridgehead atoms. The third-order valence-electron chi connectivity index (χ3n) is 2.96. The van der Waals surface area contributed by atoms with E-state index in [1.54, 1.807) is 24.0 Å². The van der Waals surface area contributed by atoms with Crippen LogP contribution in [0, 0.1) is 5.41 Å². The second-order valence-electron chi connectivity index (χ2n) is 6.33. The van der Waals surface area contributed by atoms with Gasteiger partial charge in [0.2, 0.25) is 0 Å². The highest BCUT2D eigenvalue weighted by Gasteiger charge is 2.21. The van der Waals surface area contributed by atoms with Gasteiger partial charge in [-0.05, 0) is 32.6 Å². The number of aliphatic hydroxyl groups is 1. The van der Waals surface area contributed by atoms with Crippen LogP contribution in [0.2, 0.25) is 0 Å². The monoisotopic (exact) mass is 282 g/mol. The lowest BCUT2D eigenvalue weighted by atomic mass is 9.87. The molecule has 1 heterocycles. The van der Waals surface area contributed by atoms with Crippen molar-refractivity contribution in [3.8, 4) is 0 Å². The zero-order valence-electron chi connectivity index (χ0n) is 13.0. The van der Waals surface area contributed by atoms with E-state index in [2.05, 4.69) is 15.7 Å². The molecule has 0 radical (unpaired) electrons. The third-order valence-corrected chi connectivity index (χ3v) is 2.96. The molecular formula is C14H26N4O2. The van der Waals surface area contributed by atoms with Crippen LogP contribution < -0.4 is 10.6 Å². The molecule has 3 N–H and O–H groups in total. The Morgan fingerprint density at radius 1 is 1.45 bits per heavy atom. The number of aliphatic hydroxyl groups excluding tert-OH is 1. The summed E-state index contributed by atoms with van der Waals surface area (Å²) in [4.78, 5) is 11.8. The zero-order chi connectivity index (χ0) is 15.3. The lowest BCUT2D eigenvalue weighted by molar-refractivity contribution is 0.129. The zero-order valence-corrected chi connectivity index (χ0v) is 13.0. The Labute approximate surface area is 120 Å². The van der Waals surface area contributed by atoms with Crippen LogP contribution in [0.3, 0.4) is 0 Å². The molecule has 1 aromatic heterocycles. The van der Waals surface area contributed by atoms with Gasteiger partial charge in [-0.3, -0.25) is 4.68 Å². The van der Waals surface area contributed by atoms with Crippen LogP contribution in [-0.2, 0) is 0 Å². The van der Waals surface area contributed by atoms with Gasteiger partial charge in [0.25, 0.3) is 0 Å². The van der Waals surface area contributed by atoms with Crippen molar-refractivity contribution >= 4 is 11.7 Å². The molecule has 1 atom stereocenters. The number of aromatic nitrogens is 2. The quantitative estimate of drug-likeness (QED) is 0.749. The second-order valence-corrected chi connectivity index (χ2v) is 6.33. The smallest absolute Gasteiger partial charge is 0.319 e. The van der Waals surface area contributed by atoms with Crippen molar-refractivity contribution in [1.29, 1.82) is 0 Å². The summed E-state index contributed by atoms with van der Waals surface area (Å²) in [6, 6.07) is 0.00515. The molecule has 0 saturated heterocycles. The Morgan fingerprint density at radius 2 is 2.10 bits per heavy atom.